The SMILES string of the molecule is COc1ccc2c(c1)c(CC(C)(C)O)cn2C(C)C. The van der Waals surface area contributed by atoms with Crippen molar-refractivity contribution in [2.45, 2.75) is 45.8 Å². The minimum Gasteiger partial charge on any atom is -0.497 e. The second kappa shape index (κ2) is 4.89. The molecule has 0 bridgehead atoms. The van der Waals surface area contributed by atoms with Crippen molar-refractivity contribution >= 4 is 10.9 Å². The average molecular weight is 261 g/mol. The third-order valence-corrected chi connectivity index (χ3v) is 3.30. The highest BCUT2D eigenvalue weighted by Gasteiger charge is 2.19. The molecule has 0 spiro atoms. The van der Waals surface area contributed by atoms with Gasteiger partial charge in [-0.3, -0.25) is 0 Å². The lowest BCUT2D eigenvalue weighted by Crippen LogP contribution is -2.21. The molecule has 2 aromatic rings. The van der Waals surface area contributed by atoms with Gasteiger partial charge in [-0.15, -0.1) is 0 Å². The molecule has 0 amide bonds. The maximum atomic E-state index is 10.1. The summed E-state index contributed by atoms with van der Waals surface area (Å²) in [4.78, 5) is 0. The van der Waals surface area contributed by atoms with Gasteiger partial charge in [0.1, 0.15) is 5.75 Å². The van der Waals surface area contributed by atoms with Gasteiger partial charge in [0.05, 0.1) is 12.7 Å². The molecule has 0 saturated carbocycles. The Hall–Kier alpha value is -1.48. The number of nitrogens with zero attached hydrogens (tertiary/aromatic N) is 1. The Morgan fingerprint density at radius 2 is 2.00 bits per heavy atom. The van der Waals surface area contributed by atoms with Crippen molar-refractivity contribution in [1.29, 1.82) is 0 Å². The van der Waals surface area contributed by atoms with E-state index in [2.05, 4.69) is 36.7 Å². The van der Waals surface area contributed by atoms with Crippen LogP contribution < -0.4 is 4.74 Å². The van der Waals surface area contributed by atoms with E-state index < -0.39 is 5.60 Å². The molecule has 3 heteroatoms. The van der Waals surface area contributed by atoms with Crippen molar-refractivity contribution in [3.63, 3.8) is 0 Å². The Morgan fingerprint density at radius 3 is 2.53 bits per heavy atom. The molecule has 19 heavy (non-hydrogen) atoms. The molecule has 1 N–H and O–H groups in total. The summed E-state index contributed by atoms with van der Waals surface area (Å²) in [5.74, 6) is 0.853. The van der Waals surface area contributed by atoms with Gasteiger partial charge in [-0.05, 0) is 51.5 Å². The number of methoxy groups -OCH3 is 1. The van der Waals surface area contributed by atoms with E-state index in [1.807, 2.05) is 19.9 Å². The van der Waals surface area contributed by atoms with Gasteiger partial charge < -0.3 is 14.4 Å². The van der Waals surface area contributed by atoms with Crippen LogP contribution in [-0.2, 0) is 6.42 Å². The van der Waals surface area contributed by atoms with E-state index in [4.69, 9.17) is 4.74 Å². The van der Waals surface area contributed by atoms with Crippen LogP contribution in [0.15, 0.2) is 24.4 Å². The van der Waals surface area contributed by atoms with Gasteiger partial charge in [0.25, 0.3) is 0 Å². The highest BCUT2D eigenvalue weighted by atomic mass is 16.5. The fourth-order valence-corrected chi connectivity index (χ4v) is 2.47. The van der Waals surface area contributed by atoms with E-state index in [1.54, 1.807) is 7.11 Å². The van der Waals surface area contributed by atoms with Gasteiger partial charge in [0.2, 0.25) is 0 Å². The second-order valence-electron chi connectivity index (χ2n) is 6.03. The number of hydrogen-bond acceptors (Lipinski definition) is 2. The maximum absolute atomic E-state index is 10.1. The fourth-order valence-electron chi connectivity index (χ4n) is 2.47. The number of fused-ring (bicyclic) bond motifs is 1. The largest absolute Gasteiger partial charge is 0.497 e. The van der Waals surface area contributed by atoms with Crippen LogP contribution in [0, 0.1) is 0 Å². The molecule has 1 aromatic carbocycles. The maximum Gasteiger partial charge on any atom is 0.119 e. The Kier molecular flexibility index (Phi) is 3.59. The summed E-state index contributed by atoms with van der Waals surface area (Å²) in [6.07, 6.45) is 2.78. The van der Waals surface area contributed by atoms with Gasteiger partial charge >= 0.3 is 0 Å². The van der Waals surface area contributed by atoms with Crippen molar-refractivity contribution < 1.29 is 9.84 Å². The molecule has 0 aliphatic rings. The average Bonchev–Trinajstić information content (AvgIpc) is 2.65. The normalized spacial score (nSPS) is 12.4. The van der Waals surface area contributed by atoms with E-state index in [0.29, 0.717) is 12.5 Å². The standard InChI is InChI=1S/C16H23NO2/c1-11(2)17-10-12(9-16(3,4)18)14-8-13(19-5)6-7-15(14)17/h6-8,10-11,18H,9H2,1-5H3. The topological polar surface area (TPSA) is 34.4 Å². The van der Waals surface area contributed by atoms with Crippen LogP contribution in [0.2, 0.25) is 0 Å². The predicted molar refractivity (Wildman–Crippen MR) is 78.9 cm³/mol. The lowest BCUT2D eigenvalue weighted by molar-refractivity contribution is 0.0813. The van der Waals surface area contributed by atoms with Crippen molar-refractivity contribution in [1.82, 2.24) is 4.57 Å². The fraction of sp³-hybridized carbons (Fsp3) is 0.500. The van der Waals surface area contributed by atoms with Gasteiger partial charge in [-0.25, -0.2) is 0 Å². The number of ether oxygens (including phenoxy) is 1. The molecule has 0 radical (unpaired) electrons. The zero-order chi connectivity index (χ0) is 14.2. The Morgan fingerprint density at radius 1 is 1.32 bits per heavy atom. The summed E-state index contributed by atoms with van der Waals surface area (Å²) < 4.78 is 7.55. The van der Waals surface area contributed by atoms with Gasteiger partial charge in [0.15, 0.2) is 0 Å². The Bertz CT molecular complexity index is 576. The van der Waals surface area contributed by atoms with E-state index in [9.17, 15) is 5.11 Å². The summed E-state index contributed by atoms with van der Waals surface area (Å²) in [5, 5.41) is 11.2. The molecule has 0 aliphatic heterocycles. The van der Waals surface area contributed by atoms with Crippen molar-refractivity contribution in [3.8, 4) is 5.75 Å². The summed E-state index contributed by atoms with van der Waals surface area (Å²) in [5.41, 5.74) is 1.64. The van der Waals surface area contributed by atoms with Crippen LogP contribution in [-0.4, -0.2) is 22.4 Å². The molecule has 0 atom stereocenters. The lowest BCUT2D eigenvalue weighted by atomic mass is 9.98. The minimum atomic E-state index is -0.709. The van der Waals surface area contributed by atoms with Crippen LogP contribution in [0.1, 0.15) is 39.3 Å². The van der Waals surface area contributed by atoms with Gasteiger partial charge in [-0.1, -0.05) is 0 Å². The monoisotopic (exact) mass is 261 g/mol. The first-order valence-corrected chi connectivity index (χ1v) is 6.71. The Labute approximate surface area is 114 Å². The third-order valence-electron chi connectivity index (χ3n) is 3.30. The molecule has 104 valence electrons. The van der Waals surface area contributed by atoms with Gasteiger partial charge in [-0.2, -0.15) is 0 Å². The van der Waals surface area contributed by atoms with Crippen LogP contribution in [0.3, 0.4) is 0 Å². The van der Waals surface area contributed by atoms with Gasteiger partial charge in [0, 0.05) is 29.6 Å². The number of rotatable bonds is 4. The van der Waals surface area contributed by atoms with Crippen LogP contribution in [0.25, 0.3) is 10.9 Å². The number of aliphatic hydroxyl groups is 1. The lowest BCUT2D eigenvalue weighted by Gasteiger charge is -2.16. The van der Waals surface area contributed by atoms with E-state index in [0.717, 1.165) is 16.7 Å². The van der Waals surface area contributed by atoms with Crippen molar-refractivity contribution in [3.05, 3.63) is 30.0 Å². The van der Waals surface area contributed by atoms with Crippen LogP contribution in [0.4, 0.5) is 0 Å². The number of hydrogen-bond donors (Lipinski definition) is 1. The number of benzene rings is 1. The first-order chi connectivity index (χ1) is 8.81. The number of aromatic nitrogens is 1. The van der Waals surface area contributed by atoms with E-state index in [1.165, 1.54) is 5.52 Å². The Balaban J connectivity index is 2.61. The van der Waals surface area contributed by atoms with E-state index in [-0.39, 0.29) is 0 Å². The summed E-state index contributed by atoms with van der Waals surface area (Å²) in [6, 6.07) is 6.51. The molecule has 1 aromatic heterocycles. The quantitative estimate of drug-likeness (QED) is 0.913. The molecule has 1 heterocycles. The van der Waals surface area contributed by atoms with Crippen molar-refractivity contribution in [2.24, 2.45) is 0 Å². The third kappa shape index (κ3) is 2.92. The summed E-state index contributed by atoms with van der Waals surface area (Å²) in [6.45, 7) is 8.01. The molecule has 3 nitrogen and oxygen atoms in total. The highest BCUT2D eigenvalue weighted by molar-refractivity contribution is 5.85. The molecule has 0 fully saturated rings. The molecule has 0 saturated heterocycles. The van der Waals surface area contributed by atoms with Crippen LogP contribution in [0.5, 0.6) is 5.75 Å². The van der Waals surface area contributed by atoms with Crippen molar-refractivity contribution in [2.75, 3.05) is 7.11 Å². The van der Waals surface area contributed by atoms with Crippen LogP contribution >= 0.6 is 0 Å². The molecule has 0 unspecified atom stereocenters. The zero-order valence-electron chi connectivity index (χ0n) is 12.4. The molecular weight excluding hydrogens is 238 g/mol. The predicted octanol–water partition coefficient (Wildman–Crippen LogP) is 3.54. The first kappa shape index (κ1) is 13.9. The second-order valence-corrected chi connectivity index (χ2v) is 6.03. The molecule has 0 aliphatic carbocycles. The molecular formula is C16H23NO2. The summed E-state index contributed by atoms with van der Waals surface area (Å²) >= 11 is 0. The molecule has 2 rings (SSSR count). The highest BCUT2D eigenvalue weighted by Crippen LogP contribution is 2.30. The summed E-state index contributed by atoms with van der Waals surface area (Å²) in [7, 11) is 1.68. The van der Waals surface area contributed by atoms with E-state index >= 15 is 0 Å². The smallest absolute Gasteiger partial charge is 0.119 e. The zero-order valence-corrected chi connectivity index (χ0v) is 12.4. The minimum absolute atomic E-state index is 0.395. The first-order valence-electron chi connectivity index (χ1n) is 6.71.